The van der Waals surface area contributed by atoms with Crippen molar-refractivity contribution in [2.45, 2.75) is 6.04 Å². The highest BCUT2D eigenvalue weighted by atomic mass is 19.2. The number of benzene rings is 1. The Balaban J connectivity index is 3.20. The van der Waals surface area contributed by atoms with Crippen LogP contribution in [-0.4, -0.2) is 11.7 Å². The van der Waals surface area contributed by atoms with Crippen LogP contribution in [0.2, 0.25) is 0 Å². The van der Waals surface area contributed by atoms with E-state index in [1.54, 1.807) is 0 Å². The van der Waals surface area contributed by atoms with Gasteiger partial charge in [-0.2, -0.15) is 0 Å². The van der Waals surface area contributed by atoms with Gasteiger partial charge in [0.1, 0.15) is 5.82 Å². The second kappa shape index (κ2) is 3.76. The molecular weight excluding hydrogens is 183 g/mol. The highest BCUT2D eigenvalue weighted by molar-refractivity contribution is 5.23. The van der Waals surface area contributed by atoms with Crippen LogP contribution in [0.25, 0.3) is 0 Å². The van der Waals surface area contributed by atoms with E-state index in [2.05, 4.69) is 0 Å². The molecule has 1 rings (SSSR count). The Kier molecular flexibility index (Phi) is 2.90. The molecule has 0 aromatic heterocycles. The van der Waals surface area contributed by atoms with E-state index in [9.17, 15) is 13.2 Å². The second-order valence-electron chi connectivity index (χ2n) is 2.58. The van der Waals surface area contributed by atoms with Crippen molar-refractivity contribution in [3.63, 3.8) is 0 Å². The average Bonchev–Trinajstić information content (AvgIpc) is 2.10. The lowest BCUT2D eigenvalue weighted by Gasteiger charge is -2.09. The van der Waals surface area contributed by atoms with Crippen molar-refractivity contribution in [3.8, 4) is 0 Å². The molecule has 0 unspecified atom stereocenters. The van der Waals surface area contributed by atoms with Crippen LogP contribution in [0.3, 0.4) is 0 Å². The molecule has 0 fully saturated rings. The molecule has 0 saturated carbocycles. The zero-order chi connectivity index (χ0) is 10.0. The minimum Gasteiger partial charge on any atom is -0.394 e. The lowest BCUT2D eigenvalue weighted by Crippen LogP contribution is -2.17. The summed E-state index contributed by atoms with van der Waals surface area (Å²) in [6, 6.07) is 0.0765. The summed E-state index contributed by atoms with van der Waals surface area (Å²) in [5, 5.41) is 8.56. The van der Waals surface area contributed by atoms with Gasteiger partial charge in [0.25, 0.3) is 0 Å². The van der Waals surface area contributed by atoms with Crippen LogP contribution in [0.4, 0.5) is 13.2 Å². The first-order valence-electron chi connectivity index (χ1n) is 3.57. The van der Waals surface area contributed by atoms with Crippen LogP contribution >= 0.6 is 0 Å². The zero-order valence-electron chi connectivity index (χ0n) is 6.60. The van der Waals surface area contributed by atoms with E-state index in [1.165, 1.54) is 0 Å². The summed E-state index contributed by atoms with van der Waals surface area (Å²) in [5.41, 5.74) is 4.85. The monoisotopic (exact) mass is 191 g/mol. The number of halogens is 3. The second-order valence-corrected chi connectivity index (χ2v) is 2.58. The van der Waals surface area contributed by atoms with Crippen molar-refractivity contribution in [2.75, 3.05) is 6.61 Å². The van der Waals surface area contributed by atoms with E-state index in [0.29, 0.717) is 6.07 Å². The molecule has 0 aliphatic carbocycles. The topological polar surface area (TPSA) is 46.2 Å². The molecule has 0 radical (unpaired) electrons. The van der Waals surface area contributed by atoms with E-state index >= 15 is 0 Å². The highest BCUT2D eigenvalue weighted by Gasteiger charge is 2.15. The summed E-state index contributed by atoms with van der Waals surface area (Å²) in [5.74, 6) is -3.44. The van der Waals surface area contributed by atoms with E-state index in [1.807, 2.05) is 0 Å². The van der Waals surface area contributed by atoms with E-state index in [-0.39, 0.29) is 5.56 Å². The first-order chi connectivity index (χ1) is 6.06. The number of hydrogen-bond donors (Lipinski definition) is 2. The fourth-order valence-corrected chi connectivity index (χ4v) is 0.944. The summed E-state index contributed by atoms with van der Waals surface area (Å²) in [7, 11) is 0. The van der Waals surface area contributed by atoms with Crippen LogP contribution in [-0.2, 0) is 0 Å². The lowest BCUT2D eigenvalue weighted by molar-refractivity contribution is 0.264. The molecule has 0 aliphatic rings. The molecule has 0 aliphatic heterocycles. The van der Waals surface area contributed by atoms with Gasteiger partial charge in [-0.1, -0.05) is 0 Å². The Morgan fingerprint density at radius 3 is 2.46 bits per heavy atom. The van der Waals surface area contributed by atoms with Gasteiger partial charge in [0.05, 0.1) is 12.6 Å². The highest BCUT2D eigenvalue weighted by Crippen LogP contribution is 2.19. The third-order valence-electron chi connectivity index (χ3n) is 1.62. The molecular formula is C8H8F3NO. The standard InChI is InChI=1S/C8H8F3NO/c9-4-1-5(7(12)3-13)8(11)6(10)2-4/h1-2,7,13H,3,12H2/t7-/m1/s1. The van der Waals surface area contributed by atoms with Crippen LogP contribution < -0.4 is 5.73 Å². The maximum absolute atomic E-state index is 12.9. The number of nitrogens with two attached hydrogens (primary N) is 1. The molecule has 13 heavy (non-hydrogen) atoms. The van der Waals surface area contributed by atoms with E-state index in [0.717, 1.165) is 6.07 Å². The van der Waals surface area contributed by atoms with Gasteiger partial charge in [0, 0.05) is 11.6 Å². The van der Waals surface area contributed by atoms with Gasteiger partial charge in [-0.15, -0.1) is 0 Å². The summed E-state index contributed by atoms with van der Waals surface area (Å²) in [6.45, 7) is -0.570. The molecule has 1 aromatic rings. The summed E-state index contributed by atoms with van der Waals surface area (Å²) in [4.78, 5) is 0. The zero-order valence-corrected chi connectivity index (χ0v) is 6.60. The number of rotatable bonds is 2. The molecule has 0 spiro atoms. The smallest absolute Gasteiger partial charge is 0.163 e. The van der Waals surface area contributed by atoms with Gasteiger partial charge in [0.2, 0.25) is 0 Å². The minimum atomic E-state index is -1.31. The molecule has 1 atom stereocenters. The number of aliphatic hydroxyl groups is 1. The fourth-order valence-electron chi connectivity index (χ4n) is 0.944. The van der Waals surface area contributed by atoms with Crippen LogP contribution in [0.1, 0.15) is 11.6 Å². The maximum Gasteiger partial charge on any atom is 0.163 e. The van der Waals surface area contributed by atoms with Crippen molar-refractivity contribution in [3.05, 3.63) is 35.1 Å². The third-order valence-corrected chi connectivity index (χ3v) is 1.62. The van der Waals surface area contributed by atoms with Gasteiger partial charge in [0.15, 0.2) is 11.6 Å². The fraction of sp³-hybridized carbons (Fsp3) is 0.250. The first kappa shape index (κ1) is 10.0. The summed E-state index contributed by atoms with van der Waals surface area (Å²) < 4.78 is 38.0. The SMILES string of the molecule is N[C@H](CO)c1cc(F)cc(F)c1F. The Morgan fingerprint density at radius 1 is 1.31 bits per heavy atom. The van der Waals surface area contributed by atoms with Crippen molar-refractivity contribution in [1.29, 1.82) is 0 Å². The van der Waals surface area contributed by atoms with Crippen LogP contribution in [0, 0.1) is 17.5 Å². The Morgan fingerprint density at radius 2 is 1.92 bits per heavy atom. The van der Waals surface area contributed by atoms with Gasteiger partial charge < -0.3 is 10.8 Å². The molecule has 0 amide bonds. The molecule has 72 valence electrons. The molecule has 0 saturated heterocycles. The molecule has 0 heterocycles. The third kappa shape index (κ3) is 1.99. The molecule has 3 N–H and O–H groups in total. The normalized spacial score (nSPS) is 13.0. The average molecular weight is 191 g/mol. The molecule has 2 nitrogen and oxygen atoms in total. The lowest BCUT2D eigenvalue weighted by atomic mass is 10.1. The van der Waals surface area contributed by atoms with Crippen molar-refractivity contribution < 1.29 is 18.3 Å². The number of hydrogen-bond acceptors (Lipinski definition) is 2. The Bertz CT molecular complexity index is 317. The van der Waals surface area contributed by atoms with Crippen molar-refractivity contribution in [2.24, 2.45) is 5.73 Å². The molecule has 0 bridgehead atoms. The molecule has 1 aromatic carbocycles. The van der Waals surface area contributed by atoms with Crippen molar-refractivity contribution >= 4 is 0 Å². The number of aliphatic hydroxyl groups excluding tert-OH is 1. The Labute approximate surface area is 72.8 Å². The predicted molar refractivity (Wildman–Crippen MR) is 40.3 cm³/mol. The van der Waals surface area contributed by atoms with Gasteiger partial charge >= 0.3 is 0 Å². The van der Waals surface area contributed by atoms with Gasteiger partial charge in [-0.25, -0.2) is 13.2 Å². The summed E-state index contributed by atoms with van der Waals surface area (Å²) in [6.07, 6.45) is 0. The summed E-state index contributed by atoms with van der Waals surface area (Å²) >= 11 is 0. The van der Waals surface area contributed by atoms with Crippen molar-refractivity contribution in [1.82, 2.24) is 0 Å². The van der Waals surface area contributed by atoms with Crippen LogP contribution in [0.5, 0.6) is 0 Å². The quantitative estimate of drug-likeness (QED) is 0.687. The van der Waals surface area contributed by atoms with E-state index in [4.69, 9.17) is 10.8 Å². The van der Waals surface area contributed by atoms with Crippen LogP contribution in [0.15, 0.2) is 12.1 Å². The minimum absolute atomic E-state index is 0.361. The predicted octanol–water partition coefficient (Wildman–Crippen LogP) is 1.10. The molecule has 5 heteroatoms. The van der Waals surface area contributed by atoms with Gasteiger partial charge in [-0.3, -0.25) is 0 Å². The maximum atomic E-state index is 12.9. The van der Waals surface area contributed by atoms with E-state index < -0.39 is 30.1 Å². The van der Waals surface area contributed by atoms with Gasteiger partial charge in [-0.05, 0) is 6.07 Å². The largest absolute Gasteiger partial charge is 0.394 e. The Hall–Kier alpha value is -1.07. The first-order valence-corrected chi connectivity index (χ1v) is 3.57.